The summed E-state index contributed by atoms with van der Waals surface area (Å²) in [4.78, 5) is 9.63. The molecule has 2 rings (SSSR count). The summed E-state index contributed by atoms with van der Waals surface area (Å²) in [6, 6.07) is 5.00. The monoisotopic (exact) mass is 450 g/mol. The van der Waals surface area contributed by atoms with E-state index in [2.05, 4.69) is 53.4 Å². The van der Waals surface area contributed by atoms with Gasteiger partial charge in [-0.25, -0.2) is 0 Å². The Balaban J connectivity index is 0.00000264. The second-order valence-corrected chi connectivity index (χ2v) is 7.79. The normalized spacial score (nSPS) is 19.5. The standard InChI is InChI=1S/C17H30N4S.HI/c1-13(2)21-9-5-6-15(12-21)10-19-17(18-4)20-11-16-8-7-14(3)22-16;/h7-8,13,15H,5-6,9-12H2,1-4H3,(H2,18,19,20);1H. The first kappa shape index (κ1) is 20.7. The van der Waals surface area contributed by atoms with Crippen molar-refractivity contribution in [2.45, 2.75) is 46.2 Å². The largest absolute Gasteiger partial charge is 0.356 e. The van der Waals surface area contributed by atoms with Crippen LogP contribution in [0.25, 0.3) is 0 Å². The molecule has 6 heteroatoms. The van der Waals surface area contributed by atoms with Gasteiger partial charge in [-0.3, -0.25) is 4.99 Å². The Bertz CT molecular complexity index is 487. The minimum Gasteiger partial charge on any atom is -0.356 e. The van der Waals surface area contributed by atoms with Gasteiger partial charge in [0, 0.05) is 35.9 Å². The number of hydrogen-bond donors (Lipinski definition) is 2. The lowest BCUT2D eigenvalue weighted by Gasteiger charge is -2.35. The Morgan fingerprint density at radius 1 is 1.39 bits per heavy atom. The summed E-state index contributed by atoms with van der Waals surface area (Å²) in [5.41, 5.74) is 0. The maximum atomic E-state index is 4.33. The molecule has 132 valence electrons. The lowest BCUT2D eigenvalue weighted by atomic mass is 9.97. The van der Waals surface area contributed by atoms with E-state index < -0.39 is 0 Å². The number of nitrogens with one attached hydrogen (secondary N) is 2. The highest BCUT2D eigenvalue weighted by atomic mass is 127. The first-order valence-electron chi connectivity index (χ1n) is 8.32. The van der Waals surface area contributed by atoms with Crippen LogP contribution in [0.2, 0.25) is 0 Å². The molecule has 23 heavy (non-hydrogen) atoms. The second kappa shape index (κ2) is 10.5. The number of piperidine rings is 1. The van der Waals surface area contributed by atoms with Crippen LogP contribution < -0.4 is 10.6 Å². The van der Waals surface area contributed by atoms with E-state index in [1.807, 2.05) is 18.4 Å². The molecule has 1 unspecified atom stereocenters. The van der Waals surface area contributed by atoms with Gasteiger partial charge in [0.2, 0.25) is 0 Å². The highest BCUT2D eigenvalue weighted by Gasteiger charge is 2.21. The predicted octanol–water partition coefficient (Wildman–Crippen LogP) is 3.46. The van der Waals surface area contributed by atoms with E-state index in [-0.39, 0.29) is 24.0 Å². The van der Waals surface area contributed by atoms with Crippen molar-refractivity contribution >= 4 is 41.3 Å². The van der Waals surface area contributed by atoms with Gasteiger partial charge in [-0.15, -0.1) is 35.3 Å². The molecular weight excluding hydrogens is 419 g/mol. The zero-order chi connectivity index (χ0) is 15.9. The molecule has 0 radical (unpaired) electrons. The number of halogens is 1. The Kier molecular flexibility index (Phi) is 9.46. The van der Waals surface area contributed by atoms with Gasteiger partial charge in [0.25, 0.3) is 0 Å². The SMILES string of the molecule is CN=C(NCc1ccc(C)s1)NCC1CCCN(C(C)C)C1.I. The van der Waals surface area contributed by atoms with E-state index in [1.165, 1.54) is 35.7 Å². The maximum Gasteiger partial charge on any atom is 0.191 e. The van der Waals surface area contributed by atoms with Gasteiger partial charge in [0.15, 0.2) is 5.96 Å². The van der Waals surface area contributed by atoms with Crippen LogP contribution in [-0.4, -0.2) is 43.6 Å². The first-order valence-corrected chi connectivity index (χ1v) is 9.14. The van der Waals surface area contributed by atoms with Crippen LogP contribution in [0.5, 0.6) is 0 Å². The molecule has 1 fully saturated rings. The summed E-state index contributed by atoms with van der Waals surface area (Å²) in [7, 11) is 1.84. The molecule has 0 aliphatic carbocycles. The first-order chi connectivity index (χ1) is 10.6. The third-order valence-corrected chi connectivity index (χ3v) is 5.29. The van der Waals surface area contributed by atoms with Crippen LogP contribution in [0, 0.1) is 12.8 Å². The number of aliphatic imine (C=N–C) groups is 1. The fourth-order valence-corrected chi connectivity index (χ4v) is 3.78. The van der Waals surface area contributed by atoms with Crippen LogP contribution in [-0.2, 0) is 6.54 Å². The Morgan fingerprint density at radius 2 is 2.17 bits per heavy atom. The van der Waals surface area contributed by atoms with E-state index in [0.29, 0.717) is 6.04 Å². The molecule has 0 bridgehead atoms. The van der Waals surface area contributed by atoms with Crippen molar-refractivity contribution in [3.8, 4) is 0 Å². The van der Waals surface area contributed by atoms with Crippen LogP contribution >= 0.6 is 35.3 Å². The number of hydrogen-bond acceptors (Lipinski definition) is 3. The van der Waals surface area contributed by atoms with Gasteiger partial charge in [-0.1, -0.05) is 0 Å². The Morgan fingerprint density at radius 3 is 2.78 bits per heavy atom. The maximum absolute atomic E-state index is 4.33. The molecule has 1 aliphatic rings. The number of aryl methyl sites for hydroxylation is 1. The van der Waals surface area contributed by atoms with E-state index in [4.69, 9.17) is 0 Å². The van der Waals surface area contributed by atoms with E-state index in [0.717, 1.165) is 25.0 Å². The Hall–Kier alpha value is -0.340. The molecule has 1 saturated heterocycles. The zero-order valence-electron chi connectivity index (χ0n) is 14.8. The summed E-state index contributed by atoms with van der Waals surface area (Å²) < 4.78 is 0. The smallest absolute Gasteiger partial charge is 0.191 e. The molecule has 2 N–H and O–H groups in total. The highest BCUT2D eigenvalue weighted by Crippen LogP contribution is 2.17. The number of rotatable bonds is 5. The minimum atomic E-state index is 0. The fraction of sp³-hybridized carbons (Fsp3) is 0.706. The predicted molar refractivity (Wildman–Crippen MR) is 112 cm³/mol. The van der Waals surface area contributed by atoms with Crippen LogP contribution in [0.1, 0.15) is 36.4 Å². The summed E-state index contributed by atoms with van der Waals surface area (Å²) in [5.74, 6) is 1.63. The number of nitrogens with zero attached hydrogens (tertiary/aromatic N) is 2. The summed E-state index contributed by atoms with van der Waals surface area (Å²) in [6.45, 7) is 11.0. The third-order valence-electron chi connectivity index (χ3n) is 4.29. The quantitative estimate of drug-likeness (QED) is 0.410. The zero-order valence-corrected chi connectivity index (χ0v) is 17.9. The van der Waals surface area contributed by atoms with Crippen LogP contribution in [0.3, 0.4) is 0 Å². The molecule has 1 aliphatic heterocycles. The molecule has 0 aromatic carbocycles. The van der Waals surface area contributed by atoms with E-state index in [1.54, 1.807) is 0 Å². The van der Waals surface area contributed by atoms with Gasteiger partial charge in [-0.2, -0.15) is 0 Å². The summed E-state index contributed by atoms with van der Waals surface area (Å²) in [5, 5.41) is 6.90. The second-order valence-electron chi connectivity index (χ2n) is 6.42. The lowest BCUT2D eigenvalue weighted by molar-refractivity contribution is 0.141. The third kappa shape index (κ3) is 6.97. The van der Waals surface area contributed by atoms with Crippen molar-refractivity contribution in [1.29, 1.82) is 0 Å². The van der Waals surface area contributed by atoms with Gasteiger partial charge < -0.3 is 15.5 Å². The van der Waals surface area contributed by atoms with Crippen molar-refractivity contribution in [3.63, 3.8) is 0 Å². The van der Waals surface area contributed by atoms with Crippen molar-refractivity contribution in [2.24, 2.45) is 10.9 Å². The number of thiophene rings is 1. The molecule has 0 amide bonds. The molecular formula is C17H31IN4S. The van der Waals surface area contributed by atoms with Crippen LogP contribution in [0.4, 0.5) is 0 Å². The van der Waals surface area contributed by atoms with Gasteiger partial charge in [0.05, 0.1) is 6.54 Å². The topological polar surface area (TPSA) is 39.7 Å². The lowest BCUT2D eigenvalue weighted by Crippen LogP contribution is -2.45. The average Bonchev–Trinajstić information content (AvgIpc) is 2.93. The molecule has 4 nitrogen and oxygen atoms in total. The highest BCUT2D eigenvalue weighted by molar-refractivity contribution is 14.0. The molecule has 1 aromatic rings. The molecule has 2 heterocycles. The Labute approximate surface area is 162 Å². The molecule has 1 aromatic heterocycles. The molecule has 1 atom stereocenters. The van der Waals surface area contributed by atoms with Gasteiger partial charge in [0.1, 0.15) is 0 Å². The number of guanidine groups is 1. The number of likely N-dealkylation sites (tertiary alicyclic amines) is 1. The van der Waals surface area contributed by atoms with Crippen molar-refractivity contribution in [3.05, 3.63) is 21.9 Å². The van der Waals surface area contributed by atoms with Crippen molar-refractivity contribution < 1.29 is 0 Å². The van der Waals surface area contributed by atoms with Crippen LogP contribution in [0.15, 0.2) is 17.1 Å². The summed E-state index contributed by atoms with van der Waals surface area (Å²) in [6.07, 6.45) is 2.63. The van der Waals surface area contributed by atoms with E-state index in [9.17, 15) is 0 Å². The molecule has 0 spiro atoms. The molecule has 0 saturated carbocycles. The summed E-state index contributed by atoms with van der Waals surface area (Å²) >= 11 is 1.84. The van der Waals surface area contributed by atoms with Gasteiger partial charge >= 0.3 is 0 Å². The van der Waals surface area contributed by atoms with Crippen molar-refractivity contribution in [2.75, 3.05) is 26.7 Å². The minimum absolute atomic E-state index is 0. The van der Waals surface area contributed by atoms with Gasteiger partial charge in [-0.05, 0) is 58.2 Å². The van der Waals surface area contributed by atoms with E-state index >= 15 is 0 Å². The fourth-order valence-electron chi connectivity index (χ4n) is 2.95. The average molecular weight is 450 g/mol. The van der Waals surface area contributed by atoms with Crippen molar-refractivity contribution in [1.82, 2.24) is 15.5 Å².